The van der Waals surface area contributed by atoms with Crippen molar-refractivity contribution in [2.45, 2.75) is 6.54 Å². The van der Waals surface area contributed by atoms with E-state index in [1.165, 1.54) is 7.11 Å². The van der Waals surface area contributed by atoms with Gasteiger partial charge in [0.1, 0.15) is 17.3 Å². The number of nitrogens with one attached hydrogen (secondary N) is 2. The first-order valence-electron chi connectivity index (χ1n) is 7.43. The summed E-state index contributed by atoms with van der Waals surface area (Å²) in [5, 5.41) is 5.94. The number of methoxy groups -OCH3 is 1. The van der Waals surface area contributed by atoms with Crippen LogP contribution < -0.4 is 15.4 Å². The highest BCUT2D eigenvalue weighted by Gasteiger charge is 2.11. The largest absolute Gasteiger partial charge is 0.496 e. The first-order valence-corrected chi connectivity index (χ1v) is 7.43. The molecule has 0 spiro atoms. The molecule has 6 nitrogen and oxygen atoms in total. The monoisotopic (exact) mass is 323 g/mol. The van der Waals surface area contributed by atoms with Crippen LogP contribution in [-0.2, 0) is 6.54 Å². The maximum atomic E-state index is 12.3. The molecule has 6 heteroatoms. The van der Waals surface area contributed by atoms with E-state index in [9.17, 15) is 4.79 Å². The van der Waals surface area contributed by atoms with Crippen molar-refractivity contribution in [3.63, 3.8) is 0 Å². The highest BCUT2D eigenvalue weighted by molar-refractivity contribution is 6.06. The van der Waals surface area contributed by atoms with E-state index in [4.69, 9.17) is 9.15 Å². The van der Waals surface area contributed by atoms with Crippen LogP contribution in [0.5, 0.6) is 5.75 Å². The minimum absolute atomic E-state index is 0.245. The van der Waals surface area contributed by atoms with Gasteiger partial charge in [0.15, 0.2) is 0 Å². The number of pyridine rings is 1. The quantitative estimate of drug-likeness (QED) is 0.725. The molecule has 0 aliphatic carbocycles. The number of hydrogen-bond acceptors (Lipinski definition) is 5. The highest BCUT2D eigenvalue weighted by Crippen LogP contribution is 2.19. The van der Waals surface area contributed by atoms with E-state index in [0.29, 0.717) is 29.4 Å². The zero-order valence-corrected chi connectivity index (χ0v) is 13.2. The maximum Gasteiger partial charge on any atom is 0.259 e. The van der Waals surface area contributed by atoms with E-state index in [0.717, 1.165) is 5.76 Å². The van der Waals surface area contributed by atoms with Gasteiger partial charge in [-0.15, -0.1) is 0 Å². The van der Waals surface area contributed by atoms with Gasteiger partial charge < -0.3 is 19.8 Å². The van der Waals surface area contributed by atoms with Crippen LogP contribution in [-0.4, -0.2) is 18.0 Å². The number of ether oxygens (including phenoxy) is 1. The van der Waals surface area contributed by atoms with Crippen molar-refractivity contribution >= 4 is 17.4 Å². The van der Waals surface area contributed by atoms with Crippen molar-refractivity contribution in [2.24, 2.45) is 0 Å². The predicted molar refractivity (Wildman–Crippen MR) is 91.2 cm³/mol. The zero-order valence-electron chi connectivity index (χ0n) is 13.2. The molecule has 0 fully saturated rings. The molecule has 2 heterocycles. The second-order valence-electron chi connectivity index (χ2n) is 5.02. The third-order valence-electron chi connectivity index (χ3n) is 3.40. The molecule has 0 aliphatic rings. The minimum atomic E-state index is -0.245. The van der Waals surface area contributed by atoms with Gasteiger partial charge in [-0.3, -0.25) is 4.79 Å². The number of nitrogens with zero attached hydrogens (tertiary/aromatic N) is 1. The molecule has 0 saturated heterocycles. The number of carbonyl (C=O) groups is 1. The van der Waals surface area contributed by atoms with Crippen molar-refractivity contribution in [1.82, 2.24) is 4.98 Å². The average molecular weight is 323 g/mol. The number of carbonyl (C=O) groups excluding carboxylic acids is 1. The molecule has 0 saturated carbocycles. The molecule has 122 valence electrons. The molecule has 0 bridgehead atoms. The summed E-state index contributed by atoms with van der Waals surface area (Å²) in [5.74, 6) is 1.80. The molecule has 0 atom stereocenters. The number of benzene rings is 1. The lowest BCUT2D eigenvalue weighted by molar-refractivity contribution is 0.102. The Kier molecular flexibility index (Phi) is 4.76. The van der Waals surface area contributed by atoms with Crippen molar-refractivity contribution in [1.29, 1.82) is 0 Å². The Balaban J connectivity index is 1.62. The molecule has 0 aliphatic heterocycles. The molecule has 0 unspecified atom stereocenters. The number of rotatable bonds is 6. The van der Waals surface area contributed by atoms with Crippen LogP contribution >= 0.6 is 0 Å². The van der Waals surface area contributed by atoms with E-state index in [1.54, 1.807) is 42.8 Å². The van der Waals surface area contributed by atoms with Gasteiger partial charge in [0.25, 0.3) is 5.91 Å². The Morgan fingerprint density at radius 1 is 1.17 bits per heavy atom. The Hall–Kier alpha value is -3.28. The fourth-order valence-corrected chi connectivity index (χ4v) is 2.19. The third-order valence-corrected chi connectivity index (χ3v) is 3.40. The molecule has 0 radical (unpaired) electrons. The van der Waals surface area contributed by atoms with Crippen LogP contribution in [0.4, 0.5) is 11.5 Å². The number of hydrogen-bond donors (Lipinski definition) is 2. The van der Waals surface area contributed by atoms with E-state index in [2.05, 4.69) is 15.6 Å². The van der Waals surface area contributed by atoms with E-state index < -0.39 is 0 Å². The minimum Gasteiger partial charge on any atom is -0.496 e. The summed E-state index contributed by atoms with van der Waals surface area (Å²) < 4.78 is 10.4. The van der Waals surface area contributed by atoms with Gasteiger partial charge in [0, 0.05) is 0 Å². The fraction of sp³-hybridized carbons (Fsp3) is 0.111. The lowest BCUT2D eigenvalue weighted by atomic mass is 10.2. The molecule has 3 rings (SSSR count). The van der Waals surface area contributed by atoms with E-state index in [1.807, 2.05) is 18.2 Å². The summed E-state index contributed by atoms with van der Waals surface area (Å²) in [6.45, 7) is 0.549. The number of para-hydroxylation sites is 1. The summed E-state index contributed by atoms with van der Waals surface area (Å²) >= 11 is 0. The van der Waals surface area contributed by atoms with Crippen LogP contribution in [0, 0.1) is 0 Å². The summed E-state index contributed by atoms with van der Waals surface area (Å²) in [6, 6.07) is 14.4. The SMILES string of the molecule is COc1ccccc1C(=O)Nc1ccc(NCc2ccco2)nc1. The van der Waals surface area contributed by atoms with Gasteiger partial charge >= 0.3 is 0 Å². The summed E-state index contributed by atoms with van der Waals surface area (Å²) in [5.41, 5.74) is 1.08. The van der Waals surface area contributed by atoms with Gasteiger partial charge in [0.2, 0.25) is 0 Å². The first-order chi connectivity index (χ1) is 11.8. The summed E-state index contributed by atoms with van der Waals surface area (Å²) in [6.07, 6.45) is 3.22. The molecule has 24 heavy (non-hydrogen) atoms. The fourth-order valence-electron chi connectivity index (χ4n) is 2.19. The first kappa shape index (κ1) is 15.6. The van der Waals surface area contributed by atoms with Gasteiger partial charge in [-0.05, 0) is 36.4 Å². The van der Waals surface area contributed by atoms with Crippen LogP contribution in [0.15, 0.2) is 65.4 Å². The lowest BCUT2D eigenvalue weighted by Crippen LogP contribution is -2.13. The van der Waals surface area contributed by atoms with Gasteiger partial charge in [0.05, 0.1) is 37.4 Å². The molecule has 1 amide bonds. The predicted octanol–water partition coefficient (Wildman–Crippen LogP) is 3.55. The van der Waals surface area contributed by atoms with Crippen molar-refractivity contribution in [3.8, 4) is 5.75 Å². The van der Waals surface area contributed by atoms with Gasteiger partial charge in [-0.1, -0.05) is 12.1 Å². The molecule has 2 aromatic heterocycles. The normalized spacial score (nSPS) is 10.2. The molecule has 3 aromatic rings. The van der Waals surface area contributed by atoms with Crippen molar-refractivity contribution in [3.05, 3.63) is 72.3 Å². The second kappa shape index (κ2) is 7.32. The van der Waals surface area contributed by atoms with Crippen molar-refractivity contribution in [2.75, 3.05) is 17.7 Å². The highest BCUT2D eigenvalue weighted by atomic mass is 16.5. The Labute approximate surface area is 139 Å². The summed E-state index contributed by atoms with van der Waals surface area (Å²) in [7, 11) is 1.53. The van der Waals surface area contributed by atoms with Crippen LogP contribution in [0.2, 0.25) is 0 Å². The molecular formula is C18H17N3O3. The van der Waals surface area contributed by atoms with E-state index >= 15 is 0 Å². The Bertz CT molecular complexity index is 799. The number of anilines is 2. The van der Waals surface area contributed by atoms with Crippen LogP contribution in [0.1, 0.15) is 16.1 Å². The molecular weight excluding hydrogens is 306 g/mol. The Morgan fingerprint density at radius 2 is 2.04 bits per heavy atom. The maximum absolute atomic E-state index is 12.3. The number of furan rings is 1. The Morgan fingerprint density at radius 3 is 2.75 bits per heavy atom. The lowest BCUT2D eigenvalue weighted by Gasteiger charge is -2.09. The van der Waals surface area contributed by atoms with Crippen molar-refractivity contribution < 1.29 is 13.9 Å². The second-order valence-corrected chi connectivity index (χ2v) is 5.02. The molecule has 1 aromatic carbocycles. The standard InChI is InChI=1S/C18H17N3O3/c1-23-16-7-3-2-6-15(16)18(22)21-13-8-9-17(19-11-13)20-12-14-5-4-10-24-14/h2-11H,12H2,1H3,(H,19,20)(H,21,22). The topological polar surface area (TPSA) is 76.4 Å². The van der Waals surface area contributed by atoms with Crippen LogP contribution in [0.25, 0.3) is 0 Å². The van der Waals surface area contributed by atoms with Gasteiger partial charge in [-0.25, -0.2) is 4.98 Å². The number of amides is 1. The average Bonchev–Trinajstić information content (AvgIpc) is 3.14. The summed E-state index contributed by atoms with van der Waals surface area (Å²) in [4.78, 5) is 16.6. The molecule has 2 N–H and O–H groups in total. The number of aromatic nitrogens is 1. The van der Waals surface area contributed by atoms with E-state index in [-0.39, 0.29) is 5.91 Å². The van der Waals surface area contributed by atoms with Gasteiger partial charge in [-0.2, -0.15) is 0 Å². The zero-order chi connectivity index (χ0) is 16.8. The van der Waals surface area contributed by atoms with Crippen LogP contribution in [0.3, 0.4) is 0 Å². The smallest absolute Gasteiger partial charge is 0.259 e. The third kappa shape index (κ3) is 3.73.